The second kappa shape index (κ2) is 4.80. The molecule has 1 saturated heterocycles. The van der Waals surface area contributed by atoms with E-state index in [1.165, 1.54) is 19.4 Å². The topological polar surface area (TPSA) is 49.5 Å². The fourth-order valence-corrected chi connectivity index (χ4v) is 1.76. The number of rotatable bonds is 4. The summed E-state index contributed by atoms with van der Waals surface area (Å²) in [5, 5.41) is 9.25. The van der Waals surface area contributed by atoms with E-state index < -0.39 is 0 Å². The Kier molecular flexibility index (Phi) is 3.98. The maximum Gasteiger partial charge on any atom is 0.0674 e. The average molecular weight is 172 g/mol. The first-order chi connectivity index (χ1) is 5.74. The molecule has 0 saturated carbocycles. The highest BCUT2D eigenvalue weighted by Gasteiger charge is 2.19. The first kappa shape index (κ1) is 9.96. The minimum absolute atomic E-state index is 0.308. The zero-order chi connectivity index (χ0) is 8.97. The Morgan fingerprint density at radius 1 is 1.67 bits per heavy atom. The summed E-state index contributed by atoms with van der Waals surface area (Å²) >= 11 is 0. The minimum atomic E-state index is -0.308. The lowest BCUT2D eigenvalue weighted by Gasteiger charge is -2.21. The molecule has 0 amide bonds. The summed E-state index contributed by atoms with van der Waals surface area (Å²) in [4.78, 5) is 2.43. The molecule has 3 nitrogen and oxygen atoms in total. The van der Waals surface area contributed by atoms with Gasteiger partial charge in [-0.15, -0.1) is 0 Å². The van der Waals surface area contributed by atoms with Crippen molar-refractivity contribution in [2.24, 2.45) is 5.73 Å². The van der Waals surface area contributed by atoms with Crippen molar-refractivity contribution >= 4 is 0 Å². The van der Waals surface area contributed by atoms with Gasteiger partial charge in [0.15, 0.2) is 0 Å². The standard InChI is InChI=1S/C9H20N2O/c1-8-3-2-5-11(8)6-4-9(12)7-10/h8-9,12H,2-7,10H2,1H3. The number of nitrogens with two attached hydrogens (primary N) is 1. The van der Waals surface area contributed by atoms with E-state index in [9.17, 15) is 5.11 Å². The molecular formula is C9H20N2O. The van der Waals surface area contributed by atoms with Gasteiger partial charge in [0.25, 0.3) is 0 Å². The van der Waals surface area contributed by atoms with Crippen LogP contribution in [0.15, 0.2) is 0 Å². The van der Waals surface area contributed by atoms with Gasteiger partial charge in [-0.25, -0.2) is 0 Å². The van der Waals surface area contributed by atoms with Crippen LogP contribution in [0.3, 0.4) is 0 Å². The Bertz CT molecular complexity index is 130. The molecule has 2 unspecified atom stereocenters. The zero-order valence-corrected chi connectivity index (χ0v) is 7.87. The summed E-state index contributed by atoms with van der Waals surface area (Å²) in [5.41, 5.74) is 5.32. The second-order valence-electron chi connectivity index (χ2n) is 3.71. The van der Waals surface area contributed by atoms with E-state index in [1.54, 1.807) is 0 Å². The molecule has 1 aliphatic heterocycles. The monoisotopic (exact) mass is 172 g/mol. The molecule has 0 aromatic heterocycles. The summed E-state index contributed by atoms with van der Waals surface area (Å²) in [6.07, 6.45) is 3.12. The summed E-state index contributed by atoms with van der Waals surface area (Å²) in [6, 6.07) is 0.704. The Morgan fingerprint density at radius 3 is 2.92 bits per heavy atom. The van der Waals surface area contributed by atoms with Crippen LogP contribution in [0.5, 0.6) is 0 Å². The molecule has 3 heteroatoms. The van der Waals surface area contributed by atoms with Crippen LogP contribution in [-0.2, 0) is 0 Å². The summed E-state index contributed by atoms with van der Waals surface area (Å²) in [5.74, 6) is 0. The van der Waals surface area contributed by atoms with Crippen LogP contribution >= 0.6 is 0 Å². The van der Waals surface area contributed by atoms with Crippen molar-refractivity contribution in [3.8, 4) is 0 Å². The van der Waals surface area contributed by atoms with Crippen LogP contribution in [-0.4, -0.2) is 41.8 Å². The largest absolute Gasteiger partial charge is 0.392 e. The first-order valence-corrected chi connectivity index (χ1v) is 4.86. The Morgan fingerprint density at radius 2 is 2.42 bits per heavy atom. The maximum atomic E-state index is 9.25. The molecule has 3 N–H and O–H groups in total. The normalized spacial score (nSPS) is 27.8. The molecule has 0 spiro atoms. The number of hydrogen-bond acceptors (Lipinski definition) is 3. The van der Waals surface area contributed by atoms with Crippen LogP contribution in [0.2, 0.25) is 0 Å². The molecule has 0 aromatic carbocycles. The van der Waals surface area contributed by atoms with Crippen molar-refractivity contribution < 1.29 is 5.11 Å². The van der Waals surface area contributed by atoms with Crippen molar-refractivity contribution in [3.63, 3.8) is 0 Å². The molecule has 0 aliphatic carbocycles. The van der Waals surface area contributed by atoms with Crippen molar-refractivity contribution in [2.45, 2.75) is 38.3 Å². The van der Waals surface area contributed by atoms with Crippen LogP contribution in [0.4, 0.5) is 0 Å². The van der Waals surface area contributed by atoms with Gasteiger partial charge in [-0.2, -0.15) is 0 Å². The van der Waals surface area contributed by atoms with Gasteiger partial charge in [0.2, 0.25) is 0 Å². The lowest BCUT2D eigenvalue weighted by molar-refractivity contribution is 0.145. The molecule has 0 aromatic rings. The van der Waals surface area contributed by atoms with Crippen molar-refractivity contribution in [1.82, 2.24) is 4.90 Å². The maximum absolute atomic E-state index is 9.25. The quantitative estimate of drug-likeness (QED) is 0.636. The van der Waals surface area contributed by atoms with Crippen LogP contribution in [0, 0.1) is 0 Å². The average Bonchev–Trinajstić information content (AvgIpc) is 2.47. The highest BCUT2D eigenvalue weighted by atomic mass is 16.3. The molecule has 72 valence electrons. The number of hydrogen-bond donors (Lipinski definition) is 2. The lowest BCUT2D eigenvalue weighted by Crippen LogP contribution is -2.32. The number of aliphatic hydroxyl groups excluding tert-OH is 1. The van der Waals surface area contributed by atoms with E-state index in [0.29, 0.717) is 12.6 Å². The van der Waals surface area contributed by atoms with E-state index in [1.807, 2.05) is 0 Å². The fraction of sp³-hybridized carbons (Fsp3) is 1.00. The van der Waals surface area contributed by atoms with Crippen molar-refractivity contribution in [1.29, 1.82) is 0 Å². The smallest absolute Gasteiger partial charge is 0.0674 e. The molecule has 1 rings (SSSR count). The molecule has 1 aliphatic rings. The Hall–Kier alpha value is -0.120. The third-order valence-electron chi connectivity index (χ3n) is 2.71. The van der Waals surface area contributed by atoms with Gasteiger partial charge < -0.3 is 15.7 Å². The summed E-state index contributed by atoms with van der Waals surface area (Å²) in [6.45, 7) is 4.84. The van der Waals surface area contributed by atoms with E-state index in [-0.39, 0.29) is 6.10 Å². The van der Waals surface area contributed by atoms with E-state index in [0.717, 1.165) is 13.0 Å². The third-order valence-corrected chi connectivity index (χ3v) is 2.71. The predicted octanol–water partition coefficient (Wildman–Crippen LogP) is 0.180. The SMILES string of the molecule is CC1CCCN1CCC(O)CN. The lowest BCUT2D eigenvalue weighted by atomic mass is 10.2. The van der Waals surface area contributed by atoms with Gasteiger partial charge in [-0.05, 0) is 32.7 Å². The molecule has 12 heavy (non-hydrogen) atoms. The number of nitrogens with zero attached hydrogens (tertiary/aromatic N) is 1. The Balaban J connectivity index is 2.13. The van der Waals surface area contributed by atoms with Gasteiger partial charge in [-0.3, -0.25) is 0 Å². The van der Waals surface area contributed by atoms with E-state index in [4.69, 9.17) is 5.73 Å². The highest BCUT2D eigenvalue weighted by Crippen LogP contribution is 2.16. The van der Waals surface area contributed by atoms with Crippen LogP contribution < -0.4 is 5.73 Å². The van der Waals surface area contributed by atoms with Crippen molar-refractivity contribution in [2.75, 3.05) is 19.6 Å². The van der Waals surface area contributed by atoms with Crippen LogP contribution in [0.1, 0.15) is 26.2 Å². The number of aliphatic hydroxyl groups is 1. The van der Waals surface area contributed by atoms with Crippen molar-refractivity contribution in [3.05, 3.63) is 0 Å². The molecule has 1 heterocycles. The number of likely N-dealkylation sites (tertiary alicyclic amines) is 1. The van der Waals surface area contributed by atoms with Crippen LogP contribution in [0.25, 0.3) is 0 Å². The summed E-state index contributed by atoms with van der Waals surface area (Å²) < 4.78 is 0. The van der Waals surface area contributed by atoms with Gasteiger partial charge in [0, 0.05) is 19.1 Å². The van der Waals surface area contributed by atoms with Gasteiger partial charge in [0.05, 0.1) is 6.10 Å². The minimum Gasteiger partial charge on any atom is -0.392 e. The predicted molar refractivity (Wildman–Crippen MR) is 49.9 cm³/mol. The molecule has 2 atom stereocenters. The van der Waals surface area contributed by atoms with Gasteiger partial charge >= 0.3 is 0 Å². The highest BCUT2D eigenvalue weighted by molar-refractivity contribution is 4.75. The van der Waals surface area contributed by atoms with E-state index in [2.05, 4.69) is 11.8 Å². The first-order valence-electron chi connectivity index (χ1n) is 4.86. The molecular weight excluding hydrogens is 152 g/mol. The van der Waals surface area contributed by atoms with Gasteiger partial charge in [-0.1, -0.05) is 0 Å². The molecule has 1 fully saturated rings. The molecule has 0 bridgehead atoms. The fourth-order valence-electron chi connectivity index (χ4n) is 1.76. The zero-order valence-electron chi connectivity index (χ0n) is 7.87. The third kappa shape index (κ3) is 2.73. The second-order valence-corrected chi connectivity index (χ2v) is 3.71. The summed E-state index contributed by atoms with van der Waals surface area (Å²) in [7, 11) is 0. The van der Waals surface area contributed by atoms with Gasteiger partial charge in [0.1, 0.15) is 0 Å². The molecule has 0 radical (unpaired) electrons. The van der Waals surface area contributed by atoms with E-state index >= 15 is 0 Å². The Labute approximate surface area is 74.5 Å².